The molecule has 2 aromatic rings. The molecular weight excluding hydrogens is 1040 g/mol. The molecule has 1 aromatic carbocycles. The summed E-state index contributed by atoms with van der Waals surface area (Å²) in [5.74, 6) is -3.80. The van der Waals surface area contributed by atoms with Gasteiger partial charge in [-0.15, -0.1) is 0 Å². The lowest BCUT2D eigenvalue weighted by molar-refractivity contribution is -0.330. The highest BCUT2D eigenvalue weighted by Gasteiger charge is 2.53. The van der Waals surface area contributed by atoms with Crippen LogP contribution in [0.15, 0.2) is 69.2 Å². The number of rotatable bonds is 13. The SMILES string of the molecule is CCc1c(Cl)c(O)c(Cl)c(O)c1C(=O)O[C@H]1[C@H](O)[C@H](OC)[C@H](OC/C2=C\C=C\C[C@H](O)/C(C)=C/[C@H](CC)[C@@H](O[C@@H]3OC(C)(C)[C@@H](O)[C@H](OC(=O)c4cc(C)oc4C)[C@@H]3O)/C(C)=C/C(C)=C/C[C@@H]([C@@H](C)O)OC2=O)O[C@@H]1C. The summed E-state index contributed by atoms with van der Waals surface area (Å²) >= 11 is 12.3. The normalized spacial score (nSPS) is 33.6. The first kappa shape index (κ1) is 62.2. The second kappa shape index (κ2) is 26.8. The van der Waals surface area contributed by atoms with Gasteiger partial charge in [0.15, 0.2) is 36.3 Å². The zero-order chi connectivity index (χ0) is 56.7. The van der Waals surface area contributed by atoms with E-state index in [1.54, 1.807) is 60.6 Å². The highest BCUT2D eigenvalue weighted by Crippen LogP contribution is 2.45. The molecule has 76 heavy (non-hydrogen) atoms. The zero-order valence-corrected chi connectivity index (χ0v) is 46.5. The number of hydrogen-bond acceptors (Lipinski definition) is 19. The number of aliphatic hydroxyl groups excluding tert-OH is 5. The number of esters is 3. The van der Waals surface area contributed by atoms with Crippen molar-refractivity contribution in [2.24, 2.45) is 5.92 Å². The lowest BCUT2D eigenvalue weighted by Gasteiger charge is -2.47. The molecular formula is C55H74Cl2O19. The summed E-state index contributed by atoms with van der Waals surface area (Å²) in [6.07, 6.45) is -5.97. The van der Waals surface area contributed by atoms with Crippen LogP contribution >= 0.6 is 23.2 Å². The van der Waals surface area contributed by atoms with E-state index in [-0.39, 0.29) is 41.0 Å². The highest BCUT2D eigenvalue weighted by molar-refractivity contribution is 6.39. The van der Waals surface area contributed by atoms with Crippen LogP contribution in [0.25, 0.3) is 0 Å². The molecule has 14 atom stereocenters. The largest absolute Gasteiger partial charge is 0.505 e. The number of halogens is 2. The molecule has 3 aliphatic rings. The van der Waals surface area contributed by atoms with E-state index in [1.807, 2.05) is 26.0 Å². The number of cyclic esters (lactones) is 1. The van der Waals surface area contributed by atoms with E-state index in [2.05, 4.69) is 0 Å². The summed E-state index contributed by atoms with van der Waals surface area (Å²) in [6.45, 7) is 17.9. The van der Waals surface area contributed by atoms with E-state index in [4.69, 9.17) is 65.5 Å². The van der Waals surface area contributed by atoms with E-state index in [1.165, 1.54) is 39.2 Å². The Labute approximate surface area is 453 Å². The van der Waals surface area contributed by atoms with E-state index >= 15 is 0 Å². The van der Waals surface area contributed by atoms with Gasteiger partial charge in [-0.25, -0.2) is 14.4 Å². The van der Waals surface area contributed by atoms with Crippen LogP contribution in [0, 0.1) is 19.8 Å². The van der Waals surface area contributed by atoms with Crippen LogP contribution in [0.4, 0.5) is 0 Å². The van der Waals surface area contributed by atoms with Crippen molar-refractivity contribution in [1.82, 2.24) is 0 Å². The molecule has 0 saturated carbocycles. The van der Waals surface area contributed by atoms with Crippen molar-refractivity contribution in [3.8, 4) is 11.5 Å². The topological polar surface area (TPSA) is 280 Å². The van der Waals surface area contributed by atoms with E-state index in [9.17, 15) is 50.1 Å². The van der Waals surface area contributed by atoms with Gasteiger partial charge in [-0.1, -0.05) is 73.0 Å². The van der Waals surface area contributed by atoms with Crippen LogP contribution in [-0.2, 0) is 49.1 Å². The molecule has 422 valence electrons. The van der Waals surface area contributed by atoms with Crippen LogP contribution in [0.2, 0.25) is 10.0 Å². The number of ether oxygens (including phenoxy) is 8. The molecule has 1 aromatic heterocycles. The molecule has 0 bridgehead atoms. The van der Waals surface area contributed by atoms with Gasteiger partial charge < -0.3 is 78.1 Å². The summed E-state index contributed by atoms with van der Waals surface area (Å²) in [6, 6.07) is 1.51. The highest BCUT2D eigenvalue weighted by atomic mass is 35.5. The minimum atomic E-state index is -1.65. The summed E-state index contributed by atoms with van der Waals surface area (Å²) in [7, 11) is 1.26. The van der Waals surface area contributed by atoms with E-state index in [0.717, 1.165) is 0 Å². The van der Waals surface area contributed by atoms with Crippen molar-refractivity contribution < 1.29 is 92.4 Å². The molecule has 2 fully saturated rings. The fourth-order valence-corrected chi connectivity index (χ4v) is 9.83. The average Bonchev–Trinajstić information content (AvgIpc) is 3.71. The molecule has 3 aliphatic heterocycles. The summed E-state index contributed by atoms with van der Waals surface area (Å²) < 4.78 is 53.3. The fraction of sp³-hybridized carbons (Fsp3) is 0.582. The van der Waals surface area contributed by atoms with Crippen molar-refractivity contribution in [3.05, 3.63) is 103 Å². The van der Waals surface area contributed by atoms with E-state index < -0.39 is 138 Å². The van der Waals surface area contributed by atoms with Crippen LogP contribution in [0.5, 0.6) is 11.5 Å². The third kappa shape index (κ3) is 14.5. The Bertz CT molecular complexity index is 2540. The van der Waals surface area contributed by atoms with Gasteiger partial charge in [0.25, 0.3) is 0 Å². The predicted molar refractivity (Wildman–Crippen MR) is 278 cm³/mol. The van der Waals surface area contributed by atoms with Crippen LogP contribution < -0.4 is 0 Å². The monoisotopic (exact) mass is 1110 g/mol. The number of carbonyl (C=O) groups is 3. The van der Waals surface area contributed by atoms with Gasteiger partial charge >= 0.3 is 17.9 Å². The Morgan fingerprint density at radius 3 is 2.17 bits per heavy atom. The number of aryl methyl sites for hydroxylation is 2. The maximum absolute atomic E-state index is 14.0. The lowest BCUT2D eigenvalue weighted by atomic mass is 9.88. The van der Waals surface area contributed by atoms with Crippen molar-refractivity contribution in [2.45, 2.75) is 187 Å². The minimum Gasteiger partial charge on any atom is -0.505 e. The molecule has 2 saturated heterocycles. The smallest absolute Gasteiger partial charge is 0.342 e. The van der Waals surface area contributed by atoms with Crippen LogP contribution in [0.1, 0.15) is 119 Å². The fourth-order valence-electron chi connectivity index (χ4n) is 9.27. The average molecular weight is 1110 g/mol. The van der Waals surface area contributed by atoms with Crippen LogP contribution in [-0.4, -0.2) is 153 Å². The number of aliphatic hydroxyl groups is 5. The second-order valence-electron chi connectivity index (χ2n) is 20.0. The lowest BCUT2D eigenvalue weighted by Crippen LogP contribution is -2.64. The van der Waals surface area contributed by atoms with Gasteiger partial charge in [0.2, 0.25) is 0 Å². The number of benzene rings is 1. The molecule has 7 N–H and O–H groups in total. The van der Waals surface area contributed by atoms with Gasteiger partial charge in [-0.2, -0.15) is 0 Å². The second-order valence-corrected chi connectivity index (χ2v) is 20.8. The maximum atomic E-state index is 14.0. The van der Waals surface area contributed by atoms with Crippen molar-refractivity contribution in [3.63, 3.8) is 0 Å². The molecule has 5 rings (SSSR count). The Kier molecular flexibility index (Phi) is 22.0. The van der Waals surface area contributed by atoms with Gasteiger partial charge in [0, 0.05) is 19.4 Å². The summed E-state index contributed by atoms with van der Waals surface area (Å²) in [5, 5.41) is 77.1. The Hall–Kier alpha value is -4.61. The minimum absolute atomic E-state index is 0.0448. The quantitative estimate of drug-likeness (QED) is 0.0598. The Morgan fingerprint density at radius 2 is 1.57 bits per heavy atom. The zero-order valence-electron chi connectivity index (χ0n) is 44.9. The number of furan rings is 1. The first-order chi connectivity index (χ1) is 35.7. The number of phenols is 2. The molecule has 19 nitrogen and oxygen atoms in total. The van der Waals surface area contributed by atoms with Crippen molar-refractivity contribution in [2.75, 3.05) is 13.7 Å². The van der Waals surface area contributed by atoms with Crippen LogP contribution in [0.3, 0.4) is 0 Å². The summed E-state index contributed by atoms with van der Waals surface area (Å²) in [4.78, 5) is 40.9. The van der Waals surface area contributed by atoms with Gasteiger partial charge in [0.05, 0.1) is 47.2 Å². The van der Waals surface area contributed by atoms with Gasteiger partial charge in [-0.3, -0.25) is 0 Å². The third-order valence-corrected chi connectivity index (χ3v) is 14.6. The third-order valence-electron chi connectivity index (χ3n) is 13.8. The number of allylic oxidation sites excluding steroid dienone is 4. The van der Waals surface area contributed by atoms with Gasteiger partial charge in [-0.05, 0) is 110 Å². The first-order valence-electron chi connectivity index (χ1n) is 25.2. The van der Waals surface area contributed by atoms with Crippen molar-refractivity contribution >= 4 is 41.1 Å². The maximum Gasteiger partial charge on any atom is 0.342 e. The number of carbonyl (C=O) groups excluding carboxylic acids is 3. The first-order valence-corrected chi connectivity index (χ1v) is 26.0. The Morgan fingerprint density at radius 1 is 0.895 bits per heavy atom. The molecule has 0 spiro atoms. The van der Waals surface area contributed by atoms with Gasteiger partial charge in [0.1, 0.15) is 58.2 Å². The van der Waals surface area contributed by atoms with E-state index in [0.29, 0.717) is 34.7 Å². The molecule has 0 amide bonds. The number of hydrogen-bond donors (Lipinski definition) is 7. The molecule has 4 heterocycles. The number of phenolic OH excluding ortho intramolecular Hbond substituents is 2. The molecule has 21 heteroatoms. The number of aromatic hydroxyl groups is 2. The molecule has 0 radical (unpaired) electrons. The molecule has 0 unspecified atom stereocenters. The van der Waals surface area contributed by atoms with Crippen molar-refractivity contribution in [1.29, 1.82) is 0 Å². The predicted octanol–water partition coefficient (Wildman–Crippen LogP) is 7.10. The standard InChI is InChI=1S/C55H74Cl2O19/c1-13-32-22-26(4)36(59)18-16-15-17-33(24-69-54-48(68-12)43(62)46(31(9)71-54)73-52(67)38-34(14-2)39(56)42(61)40(57)41(38)60)50(65)72-37(29(7)58)20-19-25(3)21-27(5)45(32)75-53-44(63)47(49(64)55(10,11)76-53)74-51(66)35-23-28(6)70-30(35)8/h15-17,19,21-23,29,31-32,36-37,43-49,53-54,58-64H,13-14,18,20,24H2,1-12H3/b16-15+,25-19+,26-22+,27-21+,33-17+/t29-,31-,32+,36+,37+,43+,44+,45+,46-,47-,48+,49+,53-,54-/m1/s1. The Balaban J connectivity index is 1.39. The molecule has 0 aliphatic carbocycles. The number of methoxy groups -OCH3 is 1. The summed E-state index contributed by atoms with van der Waals surface area (Å²) in [5.41, 5.74) is 0.297.